The first-order valence-electron chi connectivity index (χ1n) is 8.46. The minimum atomic E-state index is -0.228. The molecule has 2 amide bonds. The fourth-order valence-electron chi connectivity index (χ4n) is 2.91. The SMILES string of the molecule is O=C(Nc1cn[nH]c1C(=O)NC1CC1)c1cccc(C2CCC2)c1. The molecule has 0 aliphatic heterocycles. The maximum absolute atomic E-state index is 12.5. The number of hydrogen-bond acceptors (Lipinski definition) is 3. The topological polar surface area (TPSA) is 86.9 Å². The maximum Gasteiger partial charge on any atom is 0.271 e. The molecule has 24 heavy (non-hydrogen) atoms. The van der Waals surface area contributed by atoms with Gasteiger partial charge in [0.1, 0.15) is 5.69 Å². The Morgan fingerprint density at radius 2 is 1.96 bits per heavy atom. The summed E-state index contributed by atoms with van der Waals surface area (Å²) in [5, 5.41) is 12.2. The van der Waals surface area contributed by atoms with Crippen LogP contribution >= 0.6 is 0 Å². The Morgan fingerprint density at radius 1 is 1.12 bits per heavy atom. The van der Waals surface area contributed by atoms with E-state index in [-0.39, 0.29) is 17.9 Å². The highest BCUT2D eigenvalue weighted by Gasteiger charge is 2.26. The molecule has 1 heterocycles. The molecule has 0 atom stereocenters. The predicted octanol–water partition coefficient (Wildman–Crippen LogP) is 2.82. The van der Waals surface area contributed by atoms with Crippen LogP contribution in [0.5, 0.6) is 0 Å². The molecule has 2 fully saturated rings. The van der Waals surface area contributed by atoms with Gasteiger partial charge in [-0.25, -0.2) is 0 Å². The summed E-state index contributed by atoms with van der Waals surface area (Å²) in [6, 6.07) is 7.99. The first kappa shape index (κ1) is 14.9. The average Bonchev–Trinajstić information content (AvgIpc) is 3.21. The Hall–Kier alpha value is -2.63. The number of nitrogens with one attached hydrogen (secondary N) is 3. The summed E-state index contributed by atoms with van der Waals surface area (Å²) in [4.78, 5) is 24.7. The maximum atomic E-state index is 12.5. The number of H-pyrrole nitrogens is 1. The van der Waals surface area contributed by atoms with Crippen molar-refractivity contribution in [2.45, 2.75) is 44.1 Å². The molecular formula is C18H20N4O2. The number of aromatic nitrogens is 2. The van der Waals surface area contributed by atoms with Gasteiger partial charge < -0.3 is 10.6 Å². The summed E-state index contributed by atoms with van der Waals surface area (Å²) in [6.07, 6.45) is 7.13. The van der Waals surface area contributed by atoms with Crippen LogP contribution in [-0.2, 0) is 0 Å². The molecule has 1 aromatic heterocycles. The fourth-order valence-corrected chi connectivity index (χ4v) is 2.91. The van der Waals surface area contributed by atoms with Gasteiger partial charge in [0.15, 0.2) is 0 Å². The molecule has 0 saturated heterocycles. The first-order valence-corrected chi connectivity index (χ1v) is 8.46. The molecule has 3 N–H and O–H groups in total. The lowest BCUT2D eigenvalue weighted by Crippen LogP contribution is -2.27. The monoisotopic (exact) mass is 324 g/mol. The number of anilines is 1. The molecule has 2 aliphatic rings. The Kier molecular flexibility index (Phi) is 3.80. The standard InChI is InChI=1S/C18H20N4O2/c23-17(13-6-2-5-12(9-13)11-3-1-4-11)21-15-10-19-22-16(15)18(24)20-14-7-8-14/h2,5-6,9-11,14H,1,3-4,7-8H2,(H,19,22)(H,20,24)(H,21,23). The van der Waals surface area contributed by atoms with Gasteiger partial charge in [0, 0.05) is 11.6 Å². The van der Waals surface area contributed by atoms with Crippen LogP contribution in [0, 0.1) is 0 Å². The van der Waals surface area contributed by atoms with Crippen LogP contribution in [0.15, 0.2) is 30.5 Å². The highest BCUT2D eigenvalue weighted by molar-refractivity contribution is 6.08. The van der Waals surface area contributed by atoms with Gasteiger partial charge in [-0.15, -0.1) is 0 Å². The summed E-state index contributed by atoms with van der Waals surface area (Å²) in [6.45, 7) is 0. The quantitative estimate of drug-likeness (QED) is 0.790. The predicted molar refractivity (Wildman–Crippen MR) is 90.1 cm³/mol. The molecule has 1 aromatic carbocycles. The molecule has 6 heteroatoms. The van der Waals surface area contributed by atoms with E-state index in [2.05, 4.69) is 26.9 Å². The van der Waals surface area contributed by atoms with E-state index in [9.17, 15) is 9.59 Å². The lowest BCUT2D eigenvalue weighted by molar-refractivity contribution is 0.0947. The zero-order chi connectivity index (χ0) is 16.5. The Morgan fingerprint density at radius 3 is 2.67 bits per heavy atom. The number of carbonyl (C=O) groups excluding carboxylic acids is 2. The van der Waals surface area contributed by atoms with E-state index in [1.165, 1.54) is 31.0 Å². The Labute approximate surface area is 140 Å². The molecule has 0 unspecified atom stereocenters. The average molecular weight is 324 g/mol. The van der Waals surface area contributed by atoms with E-state index < -0.39 is 0 Å². The molecule has 0 radical (unpaired) electrons. The van der Waals surface area contributed by atoms with Crippen LogP contribution < -0.4 is 10.6 Å². The van der Waals surface area contributed by atoms with E-state index in [1.54, 1.807) is 6.07 Å². The van der Waals surface area contributed by atoms with Crippen molar-refractivity contribution in [2.75, 3.05) is 5.32 Å². The molecule has 124 valence electrons. The summed E-state index contributed by atoms with van der Waals surface area (Å²) in [7, 11) is 0. The van der Waals surface area contributed by atoms with Gasteiger partial charge in [-0.1, -0.05) is 18.6 Å². The molecule has 0 bridgehead atoms. The Bertz CT molecular complexity index is 775. The van der Waals surface area contributed by atoms with Gasteiger partial charge in [-0.05, 0) is 49.3 Å². The number of benzene rings is 1. The van der Waals surface area contributed by atoms with Crippen LogP contribution in [0.1, 0.15) is 64.4 Å². The van der Waals surface area contributed by atoms with Crippen molar-refractivity contribution in [3.8, 4) is 0 Å². The molecule has 4 rings (SSSR count). The third-order valence-corrected chi connectivity index (χ3v) is 4.75. The van der Waals surface area contributed by atoms with Crippen molar-refractivity contribution in [3.05, 3.63) is 47.3 Å². The van der Waals surface area contributed by atoms with Gasteiger partial charge in [0.05, 0.1) is 11.9 Å². The molecule has 0 spiro atoms. The van der Waals surface area contributed by atoms with Crippen LogP contribution in [0.25, 0.3) is 0 Å². The third kappa shape index (κ3) is 3.04. The zero-order valence-corrected chi connectivity index (χ0v) is 13.3. The summed E-state index contributed by atoms with van der Waals surface area (Å²) in [5.74, 6) is 0.123. The normalized spacial score (nSPS) is 17.2. The molecule has 2 aromatic rings. The number of rotatable bonds is 5. The second kappa shape index (κ2) is 6.11. The summed E-state index contributed by atoms with van der Waals surface area (Å²) >= 11 is 0. The van der Waals surface area contributed by atoms with E-state index >= 15 is 0 Å². The van der Waals surface area contributed by atoms with Crippen molar-refractivity contribution in [2.24, 2.45) is 0 Å². The van der Waals surface area contributed by atoms with Crippen LogP contribution in [0.3, 0.4) is 0 Å². The van der Waals surface area contributed by atoms with Crippen molar-refractivity contribution in [3.63, 3.8) is 0 Å². The Balaban J connectivity index is 1.48. The van der Waals surface area contributed by atoms with Gasteiger partial charge in [0.2, 0.25) is 0 Å². The summed E-state index contributed by atoms with van der Waals surface area (Å²) < 4.78 is 0. The fraction of sp³-hybridized carbons (Fsp3) is 0.389. The van der Waals surface area contributed by atoms with Gasteiger partial charge >= 0.3 is 0 Å². The van der Waals surface area contributed by atoms with Gasteiger partial charge in [-0.3, -0.25) is 14.7 Å². The zero-order valence-electron chi connectivity index (χ0n) is 13.3. The highest BCUT2D eigenvalue weighted by atomic mass is 16.2. The number of aromatic amines is 1. The number of carbonyl (C=O) groups is 2. The smallest absolute Gasteiger partial charge is 0.271 e. The van der Waals surface area contributed by atoms with Gasteiger partial charge in [0.25, 0.3) is 11.8 Å². The van der Waals surface area contributed by atoms with Crippen molar-refractivity contribution in [1.29, 1.82) is 0 Å². The van der Waals surface area contributed by atoms with E-state index in [0.29, 0.717) is 22.9 Å². The largest absolute Gasteiger partial charge is 0.348 e. The van der Waals surface area contributed by atoms with Gasteiger partial charge in [-0.2, -0.15) is 5.10 Å². The van der Waals surface area contributed by atoms with Crippen molar-refractivity contribution in [1.82, 2.24) is 15.5 Å². The minimum absolute atomic E-state index is 0.224. The summed E-state index contributed by atoms with van der Waals surface area (Å²) in [5.41, 5.74) is 2.53. The van der Waals surface area contributed by atoms with E-state index in [0.717, 1.165) is 12.8 Å². The lowest BCUT2D eigenvalue weighted by atomic mass is 9.80. The second-order valence-electron chi connectivity index (χ2n) is 6.61. The van der Waals surface area contributed by atoms with Crippen LogP contribution in [0.2, 0.25) is 0 Å². The number of amides is 2. The van der Waals surface area contributed by atoms with Crippen molar-refractivity contribution < 1.29 is 9.59 Å². The molecule has 2 saturated carbocycles. The number of hydrogen-bond donors (Lipinski definition) is 3. The van der Waals surface area contributed by atoms with Crippen LogP contribution in [-0.4, -0.2) is 28.1 Å². The molecular weight excluding hydrogens is 304 g/mol. The molecule has 2 aliphatic carbocycles. The minimum Gasteiger partial charge on any atom is -0.348 e. The van der Waals surface area contributed by atoms with Crippen molar-refractivity contribution >= 4 is 17.5 Å². The number of nitrogens with zero attached hydrogens (tertiary/aromatic N) is 1. The van der Waals surface area contributed by atoms with Crippen LogP contribution in [0.4, 0.5) is 5.69 Å². The lowest BCUT2D eigenvalue weighted by Gasteiger charge is -2.26. The second-order valence-corrected chi connectivity index (χ2v) is 6.61. The third-order valence-electron chi connectivity index (χ3n) is 4.75. The van der Waals surface area contributed by atoms with E-state index in [1.807, 2.05) is 12.1 Å². The molecule has 6 nitrogen and oxygen atoms in total. The first-order chi connectivity index (χ1) is 11.7. The highest BCUT2D eigenvalue weighted by Crippen LogP contribution is 2.36. The van der Waals surface area contributed by atoms with E-state index in [4.69, 9.17) is 0 Å².